The minimum absolute atomic E-state index is 0.0612. The van der Waals surface area contributed by atoms with Crippen molar-refractivity contribution in [3.05, 3.63) is 0 Å². The number of amides is 1. The summed E-state index contributed by atoms with van der Waals surface area (Å²) in [7, 11) is 0. The number of aliphatic hydroxyl groups is 2. The first kappa shape index (κ1) is 12.3. The first-order chi connectivity index (χ1) is 7.00. The molecule has 0 aromatic heterocycles. The molecule has 1 saturated heterocycles. The molecule has 2 atom stereocenters. The van der Waals surface area contributed by atoms with E-state index in [2.05, 4.69) is 0 Å². The van der Waals surface area contributed by atoms with Crippen LogP contribution < -0.4 is 0 Å². The largest absolute Gasteiger partial charge is 0.481 e. The quantitative estimate of drug-likeness (QED) is 0.541. The van der Waals surface area contributed by atoms with Crippen molar-refractivity contribution in [2.24, 2.45) is 0 Å². The minimum Gasteiger partial charge on any atom is -0.481 e. The van der Waals surface area contributed by atoms with Gasteiger partial charge in [-0.2, -0.15) is 0 Å². The molecule has 6 nitrogen and oxygen atoms in total. The number of hydrogen-bond acceptors (Lipinski definition) is 5. The first-order valence-electron chi connectivity index (χ1n) is 4.44. The van der Waals surface area contributed by atoms with Crippen LogP contribution >= 0.6 is 11.8 Å². The summed E-state index contributed by atoms with van der Waals surface area (Å²) in [4.78, 5) is 22.9. The van der Waals surface area contributed by atoms with Crippen molar-refractivity contribution in [1.29, 1.82) is 0 Å². The number of β-amino-alcohol motifs (C(OH)–C–C–N with tert-alkyl or cyclic N) is 2. The summed E-state index contributed by atoms with van der Waals surface area (Å²) in [6.45, 7) is 0.237. The summed E-state index contributed by atoms with van der Waals surface area (Å²) >= 11 is 1.00. The Morgan fingerprint density at radius 3 is 2.20 bits per heavy atom. The molecule has 1 rings (SSSR count). The summed E-state index contributed by atoms with van der Waals surface area (Å²) < 4.78 is 0. The topological polar surface area (TPSA) is 98.1 Å². The second-order valence-corrected chi connectivity index (χ2v) is 4.31. The molecular weight excluding hydrogens is 222 g/mol. The van der Waals surface area contributed by atoms with Gasteiger partial charge in [-0.1, -0.05) is 0 Å². The van der Waals surface area contributed by atoms with Crippen LogP contribution in [0.1, 0.15) is 0 Å². The summed E-state index contributed by atoms with van der Waals surface area (Å²) in [5.41, 5.74) is 0. The standard InChI is InChI=1S/C8H13NO5S/c10-5-1-9(2-6(5)11)7(12)3-15-4-8(13)14/h5-6,10-11H,1-4H2,(H,13,14). The van der Waals surface area contributed by atoms with Gasteiger partial charge in [-0.05, 0) is 0 Å². The van der Waals surface area contributed by atoms with Crippen LogP contribution in [0.2, 0.25) is 0 Å². The van der Waals surface area contributed by atoms with Gasteiger partial charge in [0.25, 0.3) is 0 Å². The lowest BCUT2D eigenvalue weighted by atomic mass is 10.3. The van der Waals surface area contributed by atoms with Gasteiger partial charge in [0.15, 0.2) is 0 Å². The predicted octanol–water partition coefficient (Wildman–Crippen LogP) is -1.63. The predicted molar refractivity (Wildman–Crippen MR) is 53.6 cm³/mol. The lowest BCUT2D eigenvalue weighted by Gasteiger charge is -2.14. The minimum atomic E-state index is -0.964. The highest BCUT2D eigenvalue weighted by atomic mass is 32.2. The number of aliphatic carboxylic acids is 1. The van der Waals surface area contributed by atoms with Gasteiger partial charge in [0, 0.05) is 13.1 Å². The maximum Gasteiger partial charge on any atom is 0.313 e. The molecule has 2 unspecified atom stereocenters. The van der Waals surface area contributed by atoms with Gasteiger partial charge in [0.1, 0.15) is 0 Å². The van der Waals surface area contributed by atoms with Crippen molar-refractivity contribution in [1.82, 2.24) is 4.90 Å². The molecule has 0 aromatic carbocycles. The Kier molecular flexibility index (Phi) is 4.37. The Morgan fingerprint density at radius 2 is 1.73 bits per heavy atom. The molecule has 0 aromatic rings. The van der Waals surface area contributed by atoms with E-state index < -0.39 is 18.2 Å². The SMILES string of the molecule is O=C(O)CSCC(=O)N1CC(O)C(O)C1. The van der Waals surface area contributed by atoms with Gasteiger partial charge in [-0.25, -0.2) is 0 Å². The van der Waals surface area contributed by atoms with E-state index in [1.165, 1.54) is 4.90 Å². The van der Waals surface area contributed by atoms with Gasteiger partial charge in [0.2, 0.25) is 5.91 Å². The molecule has 0 bridgehead atoms. The Labute approximate surface area is 90.9 Å². The second kappa shape index (κ2) is 5.34. The third-order valence-electron chi connectivity index (χ3n) is 2.06. The molecule has 3 N–H and O–H groups in total. The van der Waals surface area contributed by atoms with E-state index in [1.807, 2.05) is 0 Å². The number of rotatable bonds is 4. The van der Waals surface area contributed by atoms with E-state index in [4.69, 9.17) is 5.11 Å². The van der Waals surface area contributed by atoms with Gasteiger partial charge >= 0.3 is 5.97 Å². The van der Waals surface area contributed by atoms with Crippen LogP contribution in [0.25, 0.3) is 0 Å². The molecule has 7 heteroatoms. The summed E-state index contributed by atoms with van der Waals surface area (Å²) in [6.07, 6.45) is -1.78. The number of carboxylic acids is 1. The molecule has 1 fully saturated rings. The molecular formula is C8H13NO5S. The smallest absolute Gasteiger partial charge is 0.313 e. The van der Waals surface area contributed by atoms with Crippen LogP contribution in [-0.2, 0) is 9.59 Å². The van der Waals surface area contributed by atoms with Crippen LogP contribution in [-0.4, -0.2) is 68.9 Å². The summed E-state index contributed by atoms with van der Waals surface area (Å²) in [5, 5.41) is 26.7. The molecule has 0 spiro atoms. The number of carbonyl (C=O) groups is 2. The lowest BCUT2D eigenvalue weighted by molar-refractivity contribution is -0.133. The van der Waals surface area contributed by atoms with Crippen molar-refractivity contribution < 1.29 is 24.9 Å². The second-order valence-electron chi connectivity index (χ2n) is 3.32. The Morgan fingerprint density at radius 1 is 1.20 bits per heavy atom. The fraction of sp³-hybridized carbons (Fsp3) is 0.750. The van der Waals surface area contributed by atoms with E-state index >= 15 is 0 Å². The van der Waals surface area contributed by atoms with E-state index in [0.29, 0.717) is 0 Å². The van der Waals surface area contributed by atoms with Gasteiger partial charge < -0.3 is 20.2 Å². The van der Waals surface area contributed by atoms with E-state index in [1.54, 1.807) is 0 Å². The van der Waals surface area contributed by atoms with Crippen LogP contribution in [0.4, 0.5) is 0 Å². The van der Waals surface area contributed by atoms with Crippen molar-refractivity contribution in [2.75, 3.05) is 24.6 Å². The third kappa shape index (κ3) is 3.69. The summed E-state index contributed by atoms with van der Waals surface area (Å²) in [5.74, 6) is -1.28. The average Bonchev–Trinajstić information content (AvgIpc) is 2.46. The zero-order chi connectivity index (χ0) is 11.4. The third-order valence-corrected chi connectivity index (χ3v) is 2.96. The molecule has 0 radical (unpaired) electrons. The van der Waals surface area contributed by atoms with E-state index in [-0.39, 0.29) is 30.5 Å². The van der Waals surface area contributed by atoms with Gasteiger partial charge in [-0.15, -0.1) is 11.8 Å². The van der Waals surface area contributed by atoms with E-state index in [0.717, 1.165) is 11.8 Å². The van der Waals surface area contributed by atoms with Crippen molar-refractivity contribution in [3.8, 4) is 0 Å². The van der Waals surface area contributed by atoms with Crippen LogP contribution in [0, 0.1) is 0 Å². The molecule has 1 aliphatic heterocycles. The Balaban J connectivity index is 2.26. The normalized spacial score (nSPS) is 25.6. The molecule has 0 aliphatic carbocycles. The highest BCUT2D eigenvalue weighted by Gasteiger charge is 2.32. The zero-order valence-electron chi connectivity index (χ0n) is 8.00. The van der Waals surface area contributed by atoms with Crippen molar-refractivity contribution >= 4 is 23.6 Å². The number of carbonyl (C=O) groups excluding carboxylic acids is 1. The van der Waals surface area contributed by atoms with Crippen LogP contribution in [0.15, 0.2) is 0 Å². The number of hydrogen-bond donors (Lipinski definition) is 3. The molecule has 1 aliphatic rings. The Hall–Kier alpha value is -0.790. The van der Waals surface area contributed by atoms with Crippen LogP contribution in [0.5, 0.6) is 0 Å². The fourth-order valence-corrected chi connectivity index (χ4v) is 1.92. The maximum atomic E-state index is 11.4. The van der Waals surface area contributed by atoms with Crippen LogP contribution in [0.3, 0.4) is 0 Å². The molecule has 0 saturated carbocycles. The highest BCUT2D eigenvalue weighted by molar-refractivity contribution is 8.00. The lowest BCUT2D eigenvalue weighted by Crippen LogP contribution is -2.31. The average molecular weight is 235 g/mol. The van der Waals surface area contributed by atoms with Crippen molar-refractivity contribution in [3.63, 3.8) is 0 Å². The fourth-order valence-electron chi connectivity index (χ4n) is 1.29. The summed E-state index contributed by atoms with van der Waals surface area (Å²) in [6, 6.07) is 0. The molecule has 15 heavy (non-hydrogen) atoms. The van der Waals surface area contributed by atoms with Gasteiger partial charge in [-0.3, -0.25) is 9.59 Å². The number of nitrogens with zero attached hydrogens (tertiary/aromatic N) is 1. The zero-order valence-corrected chi connectivity index (χ0v) is 8.81. The maximum absolute atomic E-state index is 11.4. The van der Waals surface area contributed by atoms with Gasteiger partial charge in [0.05, 0.1) is 23.7 Å². The molecule has 1 heterocycles. The number of likely N-dealkylation sites (tertiary alicyclic amines) is 1. The van der Waals surface area contributed by atoms with Crippen molar-refractivity contribution in [2.45, 2.75) is 12.2 Å². The number of thioether (sulfide) groups is 1. The monoisotopic (exact) mass is 235 g/mol. The number of carboxylic acid groups (broad SMARTS) is 1. The Bertz CT molecular complexity index is 249. The van der Waals surface area contributed by atoms with E-state index in [9.17, 15) is 19.8 Å². The molecule has 1 amide bonds. The first-order valence-corrected chi connectivity index (χ1v) is 5.59. The highest BCUT2D eigenvalue weighted by Crippen LogP contribution is 2.12. The molecule has 86 valence electrons. The number of aliphatic hydroxyl groups excluding tert-OH is 2.